The maximum absolute atomic E-state index is 12.3. The molecule has 3 rings (SSSR count). The number of carbonyl (C=O) groups is 1. The van der Waals surface area contributed by atoms with Gasteiger partial charge in [0.15, 0.2) is 5.17 Å². The Morgan fingerprint density at radius 1 is 1.12 bits per heavy atom. The number of benzene rings is 2. The van der Waals surface area contributed by atoms with Crippen molar-refractivity contribution in [2.24, 2.45) is 4.99 Å². The number of nitrogens with one attached hydrogen (secondary N) is 1. The van der Waals surface area contributed by atoms with Crippen molar-refractivity contribution in [1.29, 1.82) is 0 Å². The van der Waals surface area contributed by atoms with E-state index in [1.165, 1.54) is 30.2 Å². The van der Waals surface area contributed by atoms with E-state index in [0.717, 1.165) is 27.7 Å². The van der Waals surface area contributed by atoms with Gasteiger partial charge < -0.3 is 5.32 Å². The van der Waals surface area contributed by atoms with Crippen LogP contribution in [-0.2, 0) is 11.2 Å². The van der Waals surface area contributed by atoms with E-state index in [-0.39, 0.29) is 5.91 Å². The third kappa shape index (κ3) is 4.65. The molecule has 0 aliphatic carbocycles. The van der Waals surface area contributed by atoms with E-state index in [1.54, 1.807) is 0 Å². The highest BCUT2D eigenvalue weighted by molar-refractivity contribution is 9.10. The van der Waals surface area contributed by atoms with E-state index in [0.29, 0.717) is 10.1 Å². The lowest BCUT2D eigenvalue weighted by atomic mass is 10.1. The Hall–Kier alpha value is -1.85. The molecule has 1 aliphatic rings. The molecular formula is C21H21BrN2OS. The zero-order chi connectivity index (χ0) is 18.5. The van der Waals surface area contributed by atoms with E-state index in [4.69, 9.17) is 0 Å². The first-order valence-electron chi connectivity index (χ1n) is 8.70. The summed E-state index contributed by atoms with van der Waals surface area (Å²) in [4.78, 5) is 17.6. The number of hydrogen-bond acceptors (Lipinski definition) is 3. The normalized spacial score (nSPS) is 17.5. The highest BCUT2D eigenvalue weighted by Crippen LogP contribution is 2.33. The molecule has 0 spiro atoms. The minimum Gasteiger partial charge on any atom is -0.300 e. The van der Waals surface area contributed by atoms with Crippen molar-refractivity contribution in [2.45, 2.75) is 33.1 Å². The van der Waals surface area contributed by atoms with Gasteiger partial charge in [0.25, 0.3) is 5.91 Å². The Bertz CT molecular complexity index is 855. The zero-order valence-electron chi connectivity index (χ0n) is 14.9. The number of amidine groups is 1. The minimum absolute atomic E-state index is 0.0891. The van der Waals surface area contributed by atoms with Crippen LogP contribution in [0, 0.1) is 0 Å². The van der Waals surface area contributed by atoms with Crippen LogP contribution in [0.25, 0.3) is 5.57 Å². The van der Waals surface area contributed by atoms with Crippen LogP contribution in [0.1, 0.15) is 37.8 Å². The molecule has 1 saturated heterocycles. The summed E-state index contributed by atoms with van der Waals surface area (Å²) >= 11 is 4.83. The Morgan fingerprint density at radius 3 is 2.46 bits per heavy atom. The second kappa shape index (κ2) is 8.69. The second-order valence-electron chi connectivity index (χ2n) is 6.20. The maximum atomic E-state index is 12.3. The summed E-state index contributed by atoms with van der Waals surface area (Å²) in [5.74, 6) is -0.0891. The fourth-order valence-corrected chi connectivity index (χ4v) is 3.85. The van der Waals surface area contributed by atoms with Gasteiger partial charge in [0.2, 0.25) is 0 Å². The number of nitrogens with zero attached hydrogens (tertiary/aromatic N) is 1. The number of aliphatic imine (C=N–C) groups is 1. The number of hydrogen-bond donors (Lipinski definition) is 1. The second-order valence-corrected chi connectivity index (χ2v) is 8.12. The zero-order valence-corrected chi connectivity index (χ0v) is 17.3. The fourth-order valence-electron chi connectivity index (χ4n) is 2.69. The third-order valence-corrected chi connectivity index (χ3v) is 5.84. The van der Waals surface area contributed by atoms with Gasteiger partial charge in [-0.3, -0.25) is 4.79 Å². The molecule has 134 valence electrons. The lowest BCUT2D eigenvalue weighted by molar-refractivity contribution is -0.115. The molecule has 1 N–H and O–H groups in total. The van der Waals surface area contributed by atoms with Crippen molar-refractivity contribution >= 4 is 50.0 Å². The van der Waals surface area contributed by atoms with Gasteiger partial charge >= 0.3 is 0 Å². The van der Waals surface area contributed by atoms with Gasteiger partial charge in [0.05, 0.1) is 10.6 Å². The monoisotopic (exact) mass is 428 g/mol. The van der Waals surface area contributed by atoms with Crippen LogP contribution in [0.4, 0.5) is 5.69 Å². The van der Waals surface area contributed by atoms with Crippen molar-refractivity contribution in [3.8, 4) is 0 Å². The van der Waals surface area contributed by atoms with Crippen LogP contribution >= 0.6 is 27.7 Å². The van der Waals surface area contributed by atoms with E-state index in [2.05, 4.69) is 45.3 Å². The topological polar surface area (TPSA) is 41.5 Å². The first kappa shape index (κ1) is 18.9. The molecule has 1 amide bonds. The highest BCUT2D eigenvalue weighted by Gasteiger charge is 2.26. The van der Waals surface area contributed by atoms with Crippen molar-refractivity contribution < 1.29 is 4.79 Å². The van der Waals surface area contributed by atoms with E-state index >= 15 is 0 Å². The smallest absolute Gasteiger partial charge is 0.264 e. The summed E-state index contributed by atoms with van der Waals surface area (Å²) in [6.45, 7) is 4.17. The van der Waals surface area contributed by atoms with Gasteiger partial charge in [0, 0.05) is 4.47 Å². The highest BCUT2D eigenvalue weighted by atomic mass is 79.9. The van der Waals surface area contributed by atoms with E-state index < -0.39 is 0 Å². The van der Waals surface area contributed by atoms with Crippen LogP contribution in [0.2, 0.25) is 0 Å². The molecule has 3 nitrogen and oxygen atoms in total. The fraction of sp³-hybridized carbons (Fsp3) is 0.238. The molecule has 26 heavy (non-hydrogen) atoms. The SMILES string of the molecule is CCCCc1ccc(N=C2NC(=O)/C(=C(\C)c3ccc(Br)cc3)S2)cc1. The molecule has 0 unspecified atom stereocenters. The number of carbonyl (C=O) groups excluding carboxylic acids is 1. The Kier molecular flexibility index (Phi) is 6.33. The summed E-state index contributed by atoms with van der Waals surface area (Å²) in [5, 5.41) is 3.50. The molecule has 1 heterocycles. The van der Waals surface area contributed by atoms with Gasteiger partial charge in [-0.15, -0.1) is 0 Å². The van der Waals surface area contributed by atoms with Gasteiger partial charge in [-0.2, -0.15) is 0 Å². The van der Waals surface area contributed by atoms with E-state index in [1.807, 2.05) is 43.3 Å². The van der Waals surface area contributed by atoms with Crippen LogP contribution in [-0.4, -0.2) is 11.1 Å². The summed E-state index contributed by atoms with van der Waals surface area (Å²) in [7, 11) is 0. The number of unbranched alkanes of at least 4 members (excludes halogenated alkanes) is 1. The van der Waals surface area contributed by atoms with Gasteiger partial charge in [-0.1, -0.05) is 53.5 Å². The van der Waals surface area contributed by atoms with Crippen LogP contribution in [0.15, 0.2) is 62.9 Å². The van der Waals surface area contributed by atoms with Crippen LogP contribution < -0.4 is 5.32 Å². The summed E-state index contributed by atoms with van der Waals surface area (Å²) < 4.78 is 1.02. The number of aryl methyl sites for hydroxylation is 1. The molecule has 0 bridgehead atoms. The predicted molar refractivity (Wildman–Crippen MR) is 115 cm³/mol. The lowest BCUT2D eigenvalue weighted by Crippen LogP contribution is -2.19. The molecule has 1 fully saturated rings. The Balaban J connectivity index is 1.77. The van der Waals surface area contributed by atoms with Crippen LogP contribution in [0.5, 0.6) is 0 Å². The van der Waals surface area contributed by atoms with Gasteiger partial charge in [-0.05, 0) is 72.5 Å². The third-order valence-electron chi connectivity index (χ3n) is 4.23. The summed E-state index contributed by atoms with van der Waals surface area (Å²) in [6.07, 6.45) is 3.49. The first-order chi connectivity index (χ1) is 12.6. The largest absolute Gasteiger partial charge is 0.300 e. The van der Waals surface area contributed by atoms with Gasteiger partial charge in [0.1, 0.15) is 0 Å². The van der Waals surface area contributed by atoms with Gasteiger partial charge in [-0.25, -0.2) is 4.99 Å². The molecule has 0 atom stereocenters. The molecule has 0 aromatic heterocycles. The van der Waals surface area contributed by atoms with Crippen molar-refractivity contribution in [3.63, 3.8) is 0 Å². The first-order valence-corrected chi connectivity index (χ1v) is 10.3. The molecule has 5 heteroatoms. The summed E-state index contributed by atoms with van der Waals surface area (Å²) in [6, 6.07) is 16.2. The molecule has 1 aliphatic heterocycles. The molecule has 2 aromatic rings. The average Bonchev–Trinajstić information content (AvgIpc) is 3.01. The van der Waals surface area contributed by atoms with Crippen molar-refractivity contribution in [1.82, 2.24) is 5.32 Å². The quantitative estimate of drug-likeness (QED) is 0.586. The summed E-state index contributed by atoms with van der Waals surface area (Å²) in [5.41, 5.74) is 4.17. The number of allylic oxidation sites excluding steroid dienone is 1. The standard InChI is InChI=1S/C21H21BrN2OS/c1-3-4-5-15-6-12-18(13-7-15)23-21-24-20(25)19(26-21)14(2)16-8-10-17(22)11-9-16/h6-13H,3-5H2,1-2H3,(H,23,24,25)/b19-14-. The van der Waals surface area contributed by atoms with Crippen molar-refractivity contribution in [2.75, 3.05) is 0 Å². The number of thioether (sulfide) groups is 1. The molecule has 0 saturated carbocycles. The molecule has 0 radical (unpaired) electrons. The number of halogens is 1. The Morgan fingerprint density at radius 2 is 1.81 bits per heavy atom. The van der Waals surface area contributed by atoms with Crippen molar-refractivity contribution in [3.05, 3.63) is 69.0 Å². The minimum atomic E-state index is -0.0891. The van der Waals surface area contributed by atoms with Crippen LogP contribution in [0.3, 0.4) is 0 Å². The van der Waals surface area contributed by atoms with E-state index in [9.17, 15) is 4.79 Å². The maximum Gasteiger partial charge on any atom is 0.264 e. The predicted octanol–water partition coefficient (Wildman–Crippen LogP) is 6.07. The molecule has 2 aromatic carbocycles. The lowest BCUT2D eigenvalue weighted by Gasteiger charge is -2.03. The Labute approximate surface area is 167 Å². The number of amides is 1. The average molecular weight is 429 g/mol. The number of rotatable bonds is 5. The molecular weight excluding hydrogens is 408 g/mol.